The summed E-state index contributed by atoms with van der Waals surface area (Å²) in [5.41, 5.74) is -0.666. The van der Waals surface area contributed by atoms with E-state index in [0.29, 0.717) is 24.2 Å². The molecule has 0 aromatic carbocycles. The first-order valence-corrected chi connectivity index (χ1v) is 6.50. The third kappa shape index (κ3) is 4.53. The Kier molecular flexibility index (Phi) is 5.84. The van der Waals surface area contributed by atoms with Crippen LogP contribution in [0.1, 0.15) is 73.6 Å². The van der Waals surface area contributed by atoms with Gasteiger partial charge in [0.15, 0.2) is 0 Å². The highest BCUT2D eigenvalue weighted by molar-refractivity contribution is 4.84. The minimum absolute atomic E-state index is 0.307. The van der Waals surface area contributed by atoms with Gasteiger partial charge >= 0.3 is 0 Å². The summed E-state index contributed by atoms with van der Waals surface area (Å²) in [6, 6.07) is 0. The van der Waals surface area contributed by atoms with Crippen LogP contribution < -0.4 is 0 Å². The van der Waals surface area contributed by atoms with E-state index in [4.69, 9.17) is 0 Å². The minimum atomic E-state index is -0.972. The quantitative estimate of drug-likeness (QED) is 0.537. The molecule has 0 saturated carbocycles. The third-order valence-electron chi connectivity index (χ3n) is 4.31. The molecule has 0 N–H and O–H groups in total. The highest BCUT2D eigenvalue weighted by atomic mass is 19.1. The summed E-state index contributed by atoms with van der Waals surface area (Å²) >= 11 is 0. The molecular formula is C14H29F. The summed E-state index contributed by atoms with van der Waals surface area (Å²) in [5.74, 6) is 0.467. The Bertz CT molecular complexity index is 168. The molecule has 1 heteroatoms. The topological polar surface area (TPSA) is 0 Å². The lowest BCUT2D eigenvalue weighted by Gasteiger charge is -2.37. The van der Waals surface area contributed by atoms with Crippen LogP contribution in [0.2, 0.25) is 0 Å². The molecule has 0 aliphatic rings. The first kappa shape index (κ1) is 14.9. The van der Waals surface area contributed by atoms with E-state index in [1.165, 1.54) is 0 Å². The third-order valence-corrected chi connectivity index (χ3v) is 4.31. The van der Waals surface area contributed by atoms with E-state index in [1.54, 1.807) is 6.92 Å². The summed E-state index contributed by atoms with van der Waals surface area (Å²) in [6.07, 6.45) is 4.63. The van der Waals surface area contributed by atoms with Crippen molar-refractivity contribution in [2.45, 2.75) is 79.3 Å². The van der Waals surface area contributed by atoms with Crippen molar-refractivity contribution in [2.75, 3.05) is 0 Å². The second-order valence-corrected chi connectivity index (χ2v) is 5.63. The Balaban J connectivity index is 4.39. The normalized spacial score (nSPS) is 18.6. The lowest BCUT2D eigenvalue weighted by atomic mass is 9.70. The molecule has 2 atom stereocenters. The smallest absolute Gasteiger partial charge is 0.108 e. The van der Waals surface area contributed by atoms with E-state index >= 15 is 0 Å². The summed E-state index contributed by atoms with van der Waals surface area (Å²) in [5, 5.41) is 0. The zero-order valence-corrected chi connectivity index (χ0v) is 11.5. The van der Waals surface area contributed by atoms with Crippen molar-refractivity contribution in [2.24, 2.45) is 11.3 Å². The van der Waals surface area contributed by atoms with Crippen LogP contribution in [-0.4, -0.2) is 5.67 Å². The molecule has 0 bridgehead atoms. The van der Waals surface area contributed by atoms with Crippen LogP contribution in [0.4, 0.5) is 4.39 Å². The van der Waals surface area contributed by atoms with Crippen molar-refractivity contribution in [3.63, 3.8) is 0 Å². The van der Waals surface area contributed by atoms with Crippen LogP contribution in [-0.2, 0) is 0 Å². The molecular weight excluding hydrogens is 187 g/mol. The van der Waals surface area contributed by atoms with Gasteiger partial charge in [0.25, 0.3) is 0 Å². The molecule has 0 spiro atoms. The van der Waals surface area contributed by atoms with Crippen molar-refractivity contribution in [1.29, 1.82) is 0 Å². The SMILES string of the molecule is CCCC(C)(F)CC(C)C(C)(CC)CC. The van der Waals surface area contributed by atoms with Crippen LogP contribution in [0.25, 0.3) is 0 Å². The lowest BCUT2D eigenvalue weighted by molar-refractivity contribution is 0.0760. The summed E-state index contributed by atoms with van der Waals surface area (Å²) in [7, 11) is 0. The molecule has 0 fully saturated rings. The van der Waals surface area contributed by atoms with E-state index < -0.39 is 5.67 Å². The van der Waals surface area contributed by atoms with Crippen molar-refractivity contribution >= 4 is 0 Å². The Labute approximate surface area is 95.6 Å². The predicted molar refractivity (Wildman–Crippen MR) is 66.9 cm³/mol. The first-order valence-electron chi connectivity index (χ1n) is 6.50. The van der Waals surface area contributed by atoms with Crippen LogP contribution >= 0.6 is 0 Å². The molecule has 2 unspecified atom stereocenters. The number of alkyl halides is 1. The van der Waals surface area contributed by atoms with Gasteiger partial charge in [-0.05, 0) is 31.1 Å². The van der Waals surface area contributed by atoms with Crippen molar-refractivity contribution in [1.82, 2.24) is 0 Å². The molecule has 0 radical (unpaired) electrons. The predicted octanol–water partition coefficient (Wildman–Crippen LogP) is 5.37. The average Bonchev–Trinajstić information content (AvgIpc) is 2.15. The average molecular weight is 216 g/mol. The van der Waals surface area contributed by atoms with Gasteiger partial charge in [-0.3, -0.25) is 0 Å². The van der Waals surface area contributed by atoms with Gasteiger partial charge in [0.1, 0.15) is 5.67 Å². The maximum atomic E-state index is 14.1. The Morgan fingerprint density at radius 2 is 1.53 bits per heavy atom. The van der Waals surface area contributed by atoms with E-state index in [9.17, 15) is 4.39 Å². The van der Waals surface area contributed by atoms with E-state index in [0.717, 1.165) is 19.3 Å². The molecule has 0 rings (SSSR count). The second kappa shape index (κ2) is 5.86. The van der Waals surface area contributed by atoms with Gasteiger partial charge in [-0.15, -0.1) is 0 Å². The fourth-order valence-corrected chi connectivity index (χ4v) is 2.46. The molecule has 15 heavy (non-hydrogen) atoms. The van der Waals surface area contributed by atoms with Crippen LogP contribution in [0.3, 0.4) is 0 Å². The van der Waals surface area contributed by atoms with Gasteiger partial charge in [-0.2, -0.15) is 0 Å². The molecule has 0 aromatic rings. The van der Waals surface area contributed by atoms with Crippen molar-refractivity contribution in [3.8, 4) is 0 Å². The number of hydrogen-bond donors (Lipinski definition) is 0. The fourth-order valence-electron chi connectivity index (χ4n) is 2.46. The van der Waals surface area contributed by atoms with Gasteiger partial charge in [0.05, 0.1) is 0 Å². The van der Waals surface area contributed by atoms with Gasteiger partial charge < -0.3 is 0 Å². The van der Waals surface area contributed by atoms with Crippen molar-refractivity contribution in [3.05, 3.63) is 0 Å². The minimum Gasteiger partial charge on any atom is -0.244 e. The lowest BCUT2D eigenvalue weighted by Crippen LogP contribution is -2.31. The Hall–Kier alpha value is -0.0700. The maximum Gasteiger partial charge on any atom is 0.108 e. The van der Waals surface area contributed by atoms with Crippen LogP contribution in [0.5, 0.6) is 0 Å². The largest absolute Gasteiger partial charge is 0.244 e. The zero-order chi connectivity index (χ0) is 12.1. The zero-order valence-electron chi connectivity index (χ0n) is 11.5. The molecule has 0 aromatic heterocycles. The number of rotatable bonds is 7. The van der Waals surface area contributed by atoms with Crippen molar-refractivity contribution < 1.29 is 4.39 Å². The van der Waals surface area contributed by atoms with Crippen LogP contribution in [0, 0.1) is 11.3 Å². The van der Waals surface area contributed by atoms with E-state index in [-0.39, 0.29) is 0 Å². The molecule has 0 saturated heterocycles. The Morgan fingerprint density at radius 3 is 1.87 bits per heavy atom. The van der Waals surface area contributed by atoms with E-state index in [2.05, 4.69) is 34.6 Å². The maximum absolute atomic E-state index is 14.1. The molecule has 0 amide bonds. The highest BCUT2D eigenvalue weighted by Crippen LogP contribution is 2.40. The molecule has 0 nitrogen and oxygen atoms in total. The Morgan fingerprint density at radius 1 is 1.07 bits per heavy atom. The molecule has 0 aliphatic carbocycles. The fraction of sp³-hybridized carbons (Fsp3) is 1.00. The highest BCUT2D eigenvalue weighted by Gasteiger charge is 2.33. The van der Waals surface area contributed by atoms with Gasteiger partial charge in [0, 0.05) is 0 Å². The summed E-state index contributed by atoms with van der Waals surface area (Å²) in [4.78, 5) is 0. The molecule has 0 heterocycles. The first-order chi connectivity index (χ1) is 6.81. The summed E-state index contributed by atoms with van der Waals surface area (Å²) in [6.45, 7) is 12.8. The van der Waals surface area contributed by atoms with Gasteiger partial charge in [-0.25, -0.2) is 4.39 Å². The summed E-state index contributed by atoms with van der Waals surface area (Å²) < 4.78 is 14.1. The number of hydrogen-bond acceptors (Lipinski definition) is 0. The number of halogens is 1. The monoisotopic (exact) mass is 216 g/mol. The van der Waals surface area contributed by atoms with Gasteiger partial charge in [0.2, 0.25) is 0 Å². The van der Waals surface area contributed by atoms with E-state index in [1.807, 2.05) is 0 Å². The second-order valence-electron chi connectivity index (χ2n) is 5.63. The molecule has 0 aliphatic heterocycles. The van der Waals surface area contributed by atoms with Gasteiger partial charge in [-0.1, -0.05) is 53.9 Å². The van der Waals surface area contributed by atoms with Crippen LogP contribution in [0.15, 0.2) is 0 Å². The molecule has 92 valence electrons. The standard InChI is InChI=1S/C14H29F/c1-7-10-14(6,15)11-12(4)13(5,8-2)9-3/h12H,7-11H2,1-6H3.